The van der Waals surface area contributed by atoms with Gasteiger partial charge in [-0.25, -0.2) is 9.48 Å². The Balaban J connectivity index is 2.45. The van der Waals surface area contributed by atoms with Crippen LogP contribution in [0.1, 0.15) is 16.9 Å². The van der Waals surface area contributed by atoms with E-state index in [1.54, 1.807) is 0 Å². The van der Waals surface area contributed by atoms with Crippen LogP contribution in [0.25, 0.3) is 0 Å². The number of methoxy groups -OCH3 is 1. The maximum absolute atomic E-state index is 12.2. The molecule has 0 aromatic carbocycles. The molecule has 1 aromatic heterocycles. The SMILES string of the molecule is COC(=O)/C=C/CNC(=O)c1cnn(C(F)F)c1. The van der Waals surface area contributed by atoms with Crippen molar-refractivity contribution in [2.45, 2.75) is 6.55 Å². The van der Waals surface area contributed by atoms with Crippen molar-refractivity contribution in [1.29, 1.82) is 0 Å². The van der Waals surface area contributed by atoms with Crippen LogP contribution in [0.15, 0.2) is 24.5 Å². The Kier molecular flexibility index (Phi) is 4.97. The lowest BCUT2D eigenvalue weighted by Crippen LogP contribution is -2.23. The number of aromatic nitrogens is 2. The van der Waals surface area contributed by atoms with Gasteiger partial charge >= 0.3 is 12.5 Å². The van der Waals surface area contributed by atoms with Crippen molar-refractivity contribution >= 4 is 11.9 Å². The molecule has 1 rings (SSSR count). The van der Waals surface area contributed by atoms with Gasteiger partial charge in [0, 0.05) is 18.8 Å². The number of rotatable bonds is 5. The Labute approximate surface area is 101 Å². The molecule has 0 saturated carbocycles. The van der Waals surface area contributed by atoms with Crippen LogP contribution >= 0.6 is 0 Å². The summed E-state index contributed by atoms with van der Waals surface area (Å²) in [6, 6.07) is 0. The van der Waals surface area contributed by atoms with Crippen molar-refractivity contribution < 1.29 is 23.1 Å². The lowest BCUT2D eigenvalue weighted by atomic mass is 10.3. The van der Waals surface area contributed by atoms with E-state index in [9.17, 15) is 18.4 Å². The quantitative estimate of drug-likeness (QED) is 0.625. The highest BCUT2D eigenvalue weighted by molar-refractivity contribution is 5.93. The predicted octanol–water partition coefficient (Wildman–Crippen LogP) is 0.737. The first-order valence-electron chi connectivity index (χ1n) is 4.89. The van der Waals surface area contributed by atoms with E-state index in [1.165, 1.54) is 13.2 Å². The fraction of sp³-hybridized carbons (Fsp3) is 0.300. The third kappa shape index (κ3) is 3.96. The Hall–Kier alpha value is -2.25. The molecule has 0 bridgehead atoms. The van der Waals surface area contributed by atoms with Crippen molar-refractivity contribution in [2.75, 3.05) is 13.7 Å². The highest BCUT2D eigenvalue weighted by Gasteiger charge is 2.11. The summed E-state index contributed by atoms with van der Waals surface area (Å²) in [4.78, 5) is 22.1. The topological polar surface area (TPSA) is 73.2 Å². The normalized spacial score (nSPS) is 10.9. The second kappa shape index (κ2) is 6.48. The summed E-state index contributed by atoms with van der Waals surface area (Å²) in [5, 5.41) is 5.72. The van der Waals surface area contributed by atoms with Crippen LogP contribution in [0.4, 0.5) is 8.78 Å². The second-order valence-corrected chi connectivity index (χ2v) is 3.12. The number of carbonyl (C=O) groups excluding carboxylic acids is 2. The van der Waals surface area contributed by atoms with Crippen molar-refractivity contribution in [3.8, 4) is 0 Å². The number of nitrogens with one attached hydrogen (secondary N) is 1. The summed E-state index contributed by atoms with van der Waals surface area (Å²) in [5.74, 6) is -1.11. The molecule has 0 radical (unpaired) electrons. The Bertz CT molecular complexity index is 457. The van der Waals surface area contributed by atoms with E-state index in [1.807, 2.05) is 0 Å². The largest absolute Gasteiger partial charge is 0.466 e. The van der Waals surface area contributed by atoms with Gasteiger partial charge in [0.2, 0.25) is 0 Å². The van der Waals surface area contributed by atoms with Crippen LogP contribution in [0, 0.1) is 0 Å². The van der Waals surface area contributed by atoms with Gasteiger partial charge in [0.25, 0.3) is 5.91 Å². The molecule has 0 unspecified atom stereocenters. The summed E-state index contributed by atoms with van der Waals surface area (Å²) in [6.45, 7) is -2.71. The van der Waals surface area contributed by atoms with Crippen LogP contribution in [0.5, 0.6) is 0 Å². The van der Waals surface area contributed by atoms with Gasteiger partial charge in [-0.15, -0.1) is 0 Å². The number of ether oxygens (including phenoxy) is 1. The van der Waals surface area contributed by atoms with Gasteiger partial charge in [0.15, 0.2) is 0 Å². The van der Waals surface area contributed by atoms with Crippen LogP contribution in [-0.2, 0) is 9.53 Å². The second-order valence-electron chi connectivity index (χ2n) is 3.12. The third-order valence-corrected chi connectivity index (χ3v) is 1.90. The first kappa shape index (κ1) is 13.8. The number of alkyl halides is 2. The molecule has 1 aromatic rings. The molecule has 0 atom stereocenters. The van der Waals surface area contributed by atoms with Crippen LogP contribution in [0.2, 0.25) is 0 Å². The monoisotopic (exact) mass is 259 g/mol. The summed E-state index contributed by atoms with van der Waals surface area (Å²) >= 11 is 0. The fourth-order valence-electron chi connectivity index (χ4n) is 1.04. The zero-order valence-electron chi connectivity index (χ0n) is 9.47. The highest BCUT2D eigenvalue weighted by atomic mass is 19.3. The summed E-state index contributed by atoms with van der Waals surface area (Å²) in [7, 11) is 1.23. The lowest BCUT2D eigenvalue weighted by molar-refractivity contribution is -0.134. The molecular weight excluding hydrogens is 248 g/mol. The molecule has 6 nitrogen and oxygen atoms in total. The Morgan fingerprint density at radius 1 is 1.61 bits per heavy atom. The first-order valence-corrected chi connectivity index (χ1v) is 4.89. The minimum absolute atomic E-state index is 0.0155. The van der Waals surface area contributed by atoms with E-state index >= 15 is 0 Å². The maximum atomic E-state index is 12.2. The van der Waals surface area contributed by atoms with Gasteiger partial charge in [0.05, 0.1) is 18.9 Å². The van der Waals surface area contributed by atoms with Crippen LogP contribution < -0.4 is 5.32 Å². The van der Waals surface area contributed by atoms with E-state index in [0.29, 0.717) is 4.68 Å². The average molecular weight is 259 g/mol. The summed E-state index contributed by atoms with van der Waals surface area (Å²) in [6.07, 6.45) is 4.49. The molecule has 18 heavy (non-hydrogen) atoms. The van der Waals surface area contributed by atoms with E-state index in [2.05, 4.69) is 15.2 Å². The standard InChI is InChI=1S/C10H11F2N3O3/c1-18-8(16)3-2-4-13-9(17)7-5-14-15(6-7)10(11)12/h2-3,5-6,10H,4H2,1H3,(H,13,17)/b3-2+. The molecule has 1 amide bonds. The van der Waals surface area contributed by atoms with Crippen LogP contribution in [0.3, 0.4) is 0 Å². The number of esters is 1. The van der Waals surface area contributed by atoms with E-state index < -0.39 is 18.4 Å². The van der Waals surface area contributed by atoms with Gasteiger partial charge in [0.1, 0.15) is 0 Å². The van der Waals surface area contributed by atoms with E-state index in [-0.39, 0.29) is 12.1 Å². The Morgan fingerprint density at radius 3 is 2.89 bits per heavy atom. The number of hydrogen-bond acceptors (Lipinski definition) is 4. The molecular formula is C10H11F2N3O3. The van der Waals surface area contributed by atoms with Gasteiger partial charge < -0.3 is 10.1 Å². The number of nitrogens with zero attached hydrogens (tertiary/aromatic N) is 2. The van der Waals surface area contributed by atoms with Gasteiger partial charge in [-0.3, -0.25) is 4.79 Å². The molecule has 0 aliphatic rings. The molecule has 8 heteroatoms. The predicted molar refractivity (Wildman–Crippen MR) is 57.0 cm³/mol. The van der Waals surface area contributed by atoms with Gasteiger partial charge in [-0.1, -0.05) is 6.08 Å². The summed E-state index contributed by atoms with van der Waals surface area (Å²) < 4.78 is 29.1. The number of hydrogen-bond donors (Lipinski definition) is 1. The highest BCUT2D eigenvalue weighted by Crippen LogP contribution is 2.09. The minimum atomic E-state index is -2.79. The molecule has 0 aliphatic carbocycles. The lowest BCUT2D eigenvalue weighted by Gasteiger charge is -1.99. The van der Waals surface area contributed by atoms with E-state index in [4.69, 9.17) is 0 Å². The molecule has 1 heterocycles. The molecule has 0 aliphatic heterocycles. The molecule has 0 fully saturated rings. The third-order valence-electron chi connectivity index (χ3n) is 1.90. The number of carbonyl (C=O) groups is 2. The minimum Gasteiger partial charge on any atom is -0.466 e. The summed E-state index contributed by atoms with van der Waals surface area (Å²) in [5.41, 5.74) is 0.0155. The van der Waals surface area contributed by atoms with Crippen molar-refractivity contribution in [3.63, 3.8) is 0 Å². The molecule has 1 N–H and O–H groups in total. The zero-order chi connectivity index (χ0) is 13.5. The number of amides is 1. The van der Waals surface area contributed by atoms with Crippen molar-refractivity contribution in [3.05, 3.63) is 30.1 Å². The van der Waals surface area contributed by atoms with Crippen molar-refractivity contribution in [2.24, 2.45) is 0 Å². The van der Waals surface area contributed by atoms with Gasteiger partial charge in [-0.2, -0.15) is 13.9 Å². The maximum Gasteiger partial charge on any atom is 0.333 e. The molecule has 0 spiro atoms. The molecule has 98 valence electrons. The first-order chi connectivity index (χ1) is 8.54. The fourth-order valence-corrected chi connectivity index (χ4v) is 1.04. The van der Waals surface area contributed by atoms with Crippen LogP contribution in [-0.4, -0.2) is 35.3 Å². The zero-order valence-corrected chi connectivity index (χ0v) is 9.47. The average Bonchev–Trinajstić information content (AvgIpc) is 2.83. The Morgan fingerprint density at radius 2 is 2.33 bits per heavy atom. The van der Waals surface area contributed by atoms with Crippen molar-refractivity contribution in [1.82, 2.24) is 15.1 Å². The number of halogens is 2. The molecule has 0 saturated heterocycles. The van der Waals surface area contributed by atoms with Gasteiger partial charge in [-0.05, 0) is 0 Å². The van der Waals surface area contributed by atoms with E-state index in [0.717, 1.165) is 18.5 Å². The smallest absolute Gasteiger partial charge is 0.333 e.